The zero-order valence-electron chi connectivity index (χ0n) is 7.96. The Balaban J connectivity index is 2.29. The van der Waals surface area contributed by atoms with Gasteiger partial charge in [-0.15, -0.1) is 0 Å². The van der Waals surface area contributed by atoms with Crippen LogP contribution in [0.3, 0.4) is 0 Å². The van der Waals surface area contributed by atoms with Gasteiger partial charge in [0.2, 0.25) is 0 Å². The van der Waals surface area contributed by atoms with E-state index in [1.165, 1.54) is 0 Å². The number of halogens is 1. The average Bonchev–Trinajstić information content (AvgIpc) is 2.63. The van der Waals surface area contributed by atoms with E-state index in [2.05, 4.69) is 15.9 Å². The summed E-state index contributed by atoms with van der Waals surface area (Å²) < 4.78 is 5.17. The summed E-state index contributed by atoms with van der Waals surface area (Å²) in [4.78, 5) is 25.1. The molecule has 1 amide bonds. The minimum Gasteiger partial charge on any atom is -0.447 e. The molecule has 0 saturated carbocycles. The van der Waals surface area contributed by atoms with E-state index < -0.39 is 5.60 Å². The lowest BCUT2D eigenvalue weighted by atomic mass is 10.0. The molecule has 78 valence electrons. The Labute approximate surface area is 90.7 Å². The molecule has 0 bridgehead atoms. The molecule has 0 aromatic carbocycles. The van der Waals surface area contributed by atoms with Crippen LogP contribution in [0.15, 0.2) is 0 Å². The van der Waals surface area contributed by atoms with Crippen LogP contribution in [0.25, 0.3) is 0 Å². The highest BCUT2D eigenvalue weighted by Crippen LogP contribution is 2.31. The molecule has 0 N–H and O–H groups in total. The fourth-order valence-electron chi connectivity index (χ4n) is 1.98. The molecule has 14 heavy (non-hydrogen) atoms. The van der Waals surface area contributed by atoms with E-state index in [9.17, 15) is 9.59 Å². The smallest absolute Gasteiger partial charge is 0.329 e. The summed E-state index contributed by atoms with van der Waals surface area (Å²) in [6.45, 7) is 2.33. The van der Waals surface area contributed by atoms with Crippen molar-refractivity contribution in [1.82, 2.24) is 4.90 Å². The second-order valence-electron chi connectivity index (χ2n) is 3.94. The van der Waals surface area contributed by atoms with Crippen LogP contribution in [0.2, 0.25) is 0 Å². The number of nitrogens with zero attached hydrogens (tertiary/aromatic N) is 1. The lowest BCUT2D eigenvalue weighted by molar-refractivity contribution is -0.185. The van der Waals surface area contributed by atoms with Crippen molar-refractivity contribution in [3.63, 3.8) is 0 Å². The number of ether oxygens (including phenoxy) is 1. The molecule has 2 rings (SSSR count). The molecule has 0 aliphatic carbocycles. The third-order valence-corrected chi connectivity index (χ3v) is 3.89. The minimum absolute atomic E-state index is 0.0727. The number of alkyl halides is 1. The molecular formula is C9H12BrNO3. The topological polar surface area (TPSA) is 46.6 Å². The van der Waals surface area contributed by atoms with Gasteiger partial charge in [0.15, 0.2) is 5.60 Å². The van der Waals surface area contributed by atoms with Gasteiger partial charge in [-0.25, -0.2) is 4.79 Å². The standard InChI is InChI=1S/C9H12BrNO3/c1-9(5-10)8(13)11-4-2-3-6(11)7(12)14-9/h6H,2-5H2,1H3/t6-,9+/m1/s1. The van der Waals surface area contributed by atoms with Crippen LogP contribution in [0.4, 0.5) is 0 Å². The Morgan fingerprint density at radius 3 is 3.00 bits per heavy atom. The number of carbonyl (C=O) groups excluding carboxylic acids is 2. The number of morpholine rings is 1. The number of hydrogen-bond acceptors (Lipinski definition) is 3. The highest BCUT2D eigenvalue weighted by molar-refractivity contribution is 9.09. The largest absolute Gasteiger partial charge is 0.447 e. The maximum Gasteiger partial charge on any atom is 0.329 e. The number of rotatable bonds is 1. The Hall–Kier alpha value is -0.580. The first-order valence-electron chi connectivity index (χ1n) is 4.68. The summed E-state index contributed by atoms with van der Waals surface area (Å²) >= 11 is 3.21. The first-order valence-corrected chi connectivity index (χ1v) is 5.80. The van der Waals surface area contributed by atoms with E-state index in [1.807, 2.05) is 0 Å². The number of cyclic esters (lactones) is 1. The Morgan fingerprint density at radius 1 is 1.64 bits per heavy atom. The summed E-state index contributed by atoms with van der Waals surface area (Å²) in [6.07, 6.45) is 1.63. The third-order valence-electron chi connectivity index (χ3n) is 2.82. The van der Waals surface area contributed by atoms with Crippen LogP contribution in [-0.4, -0.2) is 40.3 Å². The number of amides is 1. The van der Waals surface area contributed by atoms with Crippen molar-refractivity contribution < 1.29 is 14.3 Å². The van der Waals surface area contributed by atoms with E-state index in [-0.39, 0.29) is 17.9 Å². The maximum absolute atomic E-state index is 11.9. The van der Waals surface area contributed by atoms with Crippen molar-refractivity contribution in [2.45, 2.75) is 31.4 Å². The van der Waals surface area contributed by atoms with Crippen molar-refractivity contribution in [2.24, 2.45) is 0 Å². The summed E-state index contributed by atoms with van der Waals surface area (Å²) in [5, 5.41) is 0.355. The molecule has 2 aliphatic heterocycles. The van der Waals surface area contributed by atoms with Gasteiger partial charge in [0.1, 0.15) is 6.04 Å². The molecule has 0 unspecified atom stereocenters. The van der Waals surface area contributed by atoms with Crippen molar-refractivity contribution in [2.75, 3.05) is 11.9 Å². The second kappa shape index (κ2) is 3.22. The van der Waals surface area contributed by atoms with Crippen LogP contribution in [0, 0.1) is 0 Å². The zero-order valence-corrected chi connectivity index (χ0v) is 9.54. The first-order chi connectivity index (χ1) is 6.58. The van der Waals surface area contributed by atoms with Gasteiger partial charge >= 0.3 is 5.97 Å². The van der Waals surface area contributed by atoms with Crippen LogP contribution in [-0.2, 0) is 14.3 Å². The number of esters is 1. The van der Waals surface area contributed by atoms with Crippen molar-refractivity contribution in [1.29, 1.82) is 0 Å². The van der Waals surface area contributed by atoms with E-state index >= 15 is 0 Å². The first kappa shape index (κ1) is 9.96. The van der Waals surface area contributed by atoms with Crippen molar-refractivity contribution >= 4 is 27.8 Å². The molecule has 2 fully saturated rings. The molecule has 2 atom stereocenters. The minimum atomic E-state index is -1.00. The maximum atomic E-state index is 11.9. The van der Waals surface area contributed by atoms with Gasteiger partial charge in [-0.2, -0.15) is 0 Å². The lowest BCUT2D eigenvalue weighted by Gasteiger charge is -2.39. The monoisotopic (exact) mass is 261 g/mol. The highest BCUT2D eigenvalue weighted by Gasteiger charge is 2.51. The predicted octanol–water partition coefficient (Wildman–Crippen LogP) is 0.688. The normalized spacial score (nSPS) is 37.0. The molecule has 4 nitrogen and oxygen atoms in total. The van der Waals surface area contributed by atoms with Crippen LogP contribution >= 0.6 is 15.9 Å². The summed E-state index contributed by atoms with van der Waals surface area (Å²) in [7, 11) is 0. The van der Waals surface area contributed by atoms with Gasteiger partial charge in [0, 0.05) is 6.54 Å². The van der Waals surface area contributed by atoms with E-state index in [4.69, 9.17) is 4.74 Å². The van der Waals surface area contributed by atoms with E-state index in [1.54, 1.807) is 11.8 Å². The van der Waals surface area contributed by atoms with Gasteiger partial charge in [-0.3, -0.25) is 4.79 Å². The predicted molar refractivity (Wildman–Crippen MR) is 53.0 cm³/mol. The number of hydrogen-bond donors (Lipinski definition) is 0. The van der Waals surface area contributed by atoms with E-state index in [0.29, 0.717) is 11.9 Å². The molecule has 2 aliphatic rings. The van der Waals surface area contributed by atoms with Crippen LogP contribution < -0.4 is 0 Å². The van der Waals surface area contributed by atoms with Crippen molar-refractivity contribution in [3.05, 3.63) is 0 Å². The van der Waals surface area contributed by atoms with Gasteiger partial charge in [0.05, 0.1) is 5.33 Å². The van der Waals surface area contributed by atoms with Gasteiger partial charge in [-0.05, 0) is 19.8 Å². The molecule has 2 heterocycles. The number of carbonyl (C=O) groups is 2. The lowest BCUT2D eigenvalue weighted by Crippen LogP contribution is -2.60. The Morgan fingerprint density at radius 2 is 2.36 bits per heavy atom. The molecule has 0 aromatic heterocycles. The molecule has 0 radical (unpaired) electrons. The SMILES string of the molecule is C[C@@]1(CBr)OC(=O)[C@H]2CCCN2C1=O. The van der Waals surface area contributed by atoms with Gasteiger partial charge in [-0.1, -0.05) is 15.9 Å². The fourth-order valence-corrected chi connectivity index (χ4v) is 2.33. The summed E-state index contributed by atoms with van der Waals surface area (Å²) in [5.41, 5.74) is -1.00. The molecule has 5 heteroatoms. The highest BCUT2D eigenvalue weighted by atomic mass is 79.9. The Kier molecular flexibility index (Phi) is 2.29. The number of fused-ring (bicyclic) bond motifs is 1. The van der Waals surface area contributed by atoms with Crippen LogP contribution in [0.1, 0.15) is 19.8 Å². The van der Waals surface area contributed by atoms with Crippen molar-refractivity contribution in [3.8, 4) is 0 Å². The van der Waals surface area contributed by atoms with Crippen LogP contribution in [0.5, 0.6) is 0 Å². The summed E-state index contributed by atoms with van der Waals surface area (Å²) in [6, 6.07) is -0.324. The van der Waals surface area contributed by atoms with E-state index in [0.717, 1.165) is 12.8 Å². The van der Waals surface area contributed by atoms with Gasteiger partial charge in [0.25, 0.3) is 5.91 Å². The quantitative estimate of drug-likeness (QED) is 0.516. The molecule has 2 saturated heterocycles. The molecule has 0 aromatic rings. The Bertz CT molecular complexity index is 294. The summed E-state index contributed by atoms with van der Waals surface area (Å²) in [5.74, 6) is -0.333. The third kappa shape index (κ3) is 1.26. The molecule has 0 spiro atoms. The molecular weight excluding hydrogens is 250 g/mol. The zero-order chi connectivity index (χ0) is 10.3. The van der Waals surface area contributed by atoms with Gasteiger partial charge < -0.3 is 9.64 Å². The second-order valence-corrected chi connectivity index (χ2v) is 4.50. The fraction of sp³-hybridized carbons (Fsp3) is 0.778. The average molecular weight is 262 g/mol.